The smallest absolute Gasteiger partial charge is 0.405 e. The first-order valence-corrected chi connectivity index (χ1v) is 4.95. The fourth-order valence-electron chi connectivity index (χ4n) is 1.03. The van der Waals surface area contributed by atoms with Gasteiger partial charge >= 0.3 is 6.09 Å². The van der Waals surface area contributed by atoms with Gasteiger partial charge in [-0.3, -0.25) is 5.41 Å². The lowest BCUT2D eigenvalue weighted by atomic mass is 10.2. The molecule has 0 saturated heterocycles. The number of rotatable bonds is 4. The van der Waals surface area contributed by atoms with E-state index in [9.17, 15) is 4.79 Å². The summed E-state index contributed by atoms with van der Waals surface area (Å²) in [6.07, 6.45) is -1.20. The van der Waals surface area contributed by atoms with Crippen LogP contribution in [0, 0.1) is 5.41 Å². The quantitative estimate of drug-likeness (QED) is 0.377. The lowest BCUT2D eigenvalue weighted by Crippen LogP contribution is -2.28. The Balaban J connectivity index is 2.83. The van der Waals surface area contributed by atoms with Gasteiger partial charge in [-0.2, -0.15) is 0 Å². The van der Waals surface area contributed by atoms with Gasteiger partial charge in [0.2, 0.25) is 0 Å². The van der Waals surface area contributed by atoms with Crippen molar-refractivity contribution in [3.05, 3.63) is 21.9 Å². The van der Waals surface area contributed by atoms with Crippen LogP contribution >= 0.6 is 11.3 Å². The average molecular weight is 229 g/mol. The van der Waals surface area contributed by atoms with Crippen LogP contribution in [0.2, 0.25) is 0 Å². The average Bonchev–Trinajstić information content (AvgIpc) is 2.62. The maximum absolute atomic E-state index is 10.4. The van der Waals surface area contributed by atoms with Crippen molar-refractivity contribution in [3.8, 4) is 0 Å². The molecular weight excluding hydrogens is 218 g/mol. The molecule has 0 bridgehead atoms. The zero-order valence-corrected chi connectivity index (χ0v) is 8.54. The van der Waals surface area contributed by atoms with Gasteiger partial charge in [0, 0.05) is 15.8 Å². The molecule has 82 valence electrons. The zero-order valence-electron chi connectivity index (χ0n) is 7.73. The molecule has 1 amide bonds. The van der Waals surface area contributed by atoms with Crippen LogP contribution in [0.4, 0.5) is 4.79 Å². The molecule has 0 aliphatic carbocycles. The zero-order chi connectivity index (χ0) is 11.4. The third-order valence-corrected chi connectivity index (χ3v) is 2.80. The second-order valence-corrected chi connectivity index (χ2v) is 3.78. The van der Waals surface area contributed by atoms with E-state index in [-0.39, 0.29) is 12.4 Å². The lowest BCUT2D eigenvalue weighted by Gasteiger charge is -2.11. The van der Waals surface area contributed by atoms with Gasteiger partial charge in [0.15, 0.2) is 0 Å². The van der Waals surface area contributed by atoms with E-state index < -0.39 is 12.1 Å². The minimum atomic E-state index is -1.20. The summed E-state index contributed by atoms with van der Waals surface area (Å²) in [6, 6.07) is 0.921. The number of hydrogen-bond donors (Lipinski definition) is 5. The first-order chi connectivity index (χ1) is 7.04. The van der Waals surface area contributed by atoms with Crippen molar-refractivity contribution >= 4 is 23.3 Å². The molecule has 0 fully saturated rings. The minimum Gasteiger partial charge on any atom is -0.465 e. The summed E-state index contributed by atoms with van der Waals surface area (Å²) in [5.41, 5.74) is 5.79. The highest BCUT2D eigenvalue weighted by molar-refractivity contribution is 7.10. The fraction of sp³-hybridized carbons (Fsp3) is 0.250. The summed E-state index contributed by atoms with van der Waals surface area (Å²) < 4.78 is 0. The predicted octanol–water partition coefficient (Wildman–Crippen LogP) is 0.333. The molecule has 6 N–H and O–H groups in total. The molecule has 1 aromatic rings. The number of carbonyl (C=O) groups is 1. The summed E-state index contributed by atoms with van der Waals surface area (Å²) >= 11 is 1.25. The van der Waals surface area contributed by atoms with Crippen molar-refractivity contribution in [1.29, 1.82) is 5.41 Å². The second-order valence-electron chi connectivity index (χ2n) is 2.84. The molecule has 1 unspecified atom stereocenters. The molecule has 0 radical (unpaired) electrons. The molecule has 6 nitrogen and oxygen atoms in total. The van der Waals surface area contributed by atoms with Gasteiger partial charge in [-0.05, 0) is 6.07 Å². The minimum absolute atomic E-state index is 0.0792. The van der Waals surface area contributed by atoms with Crippen molar-refractivity contribution in [1.82, 2.24) is 5.32 Å². The Morgan fingerprint density at radius 1 is 1.73 bits per heavy atom. The first-order valence-electron chi connectivity index (χ1n) is 4.07. The van der Waals surface area contributed by atoms with Crippen LogP contribution in [-0.2, 0) is 0 Å². The molecule has 7 heteroatoms. The predicted molar refractivity (Wildman–Crippen MR) is 56.3 cm³/mol. The molecular formula is C8H11N3O3S. The third-order valence-electron chi connectivity index (χ3n) is 1.75. The Kier molecular flexibility index (Phi) is 3.64. The summed E-state index contributed by atoms with van der Waals surface area (Å²) in [6.45, 7) is -0.329. The number of amides is 1. The molecule has 1 rings (SSSR count). The van der Waals surface area contributed by atoms with Crippen LogP contribution in [-0.4, -0.2) is 28.7 Å². The maximum Gasteiger partial charge on any atom is 0.405 e. The summed E-state index contributed by atoms with van der Waals surface area (Å²) in [5, 5.41) is 28.5. The van der Waals surface area contributed by atoms with Crippen LogP contribution < -0.4 is 11.1 Å². The monoisotopic (exact) mass is 229 g/mol. The van der Waals surface area contributed by atoms with Crippen molar-refractivity contribution in [2.45, 2.75) is 6.04 Å². The highest BCUT2D eigenvalue weighted by atomic mass is 32.1. The molecule has 0 aliphatic heterocycles. The number of nitrogen functional groups attached to an aromatic ring is 1. The molecule has 1 atom stereocenters. The van der Waals surface area contributed by atoms with E-state index in [1.165, 1.54) is 11.3 Å². The topological polar surface area (TPSA) is 119 Å². The van der Waals surface area contributed by atoms with Gasteiger partial charge in [-0.25, -0.2) is 4.79 Å². The number of nitrogens with one attached hydrogen (secondary N) is 2. The van der Waals surface area contributed by atoms with Crippen molar-refractivity contribution in [3.63, 3.8) is 0 Å². The van der Waals surface area contributed by atoms with E-state index in [0.717, 1.165) is 0 Å². The Bertz CT molecular complexity index is 377. The molecule has 15 heavy (non-hydrogen) atoms. The second kappa shape index (κ2) is 4.76. The summed E-state index contributed by atoms with van der Waals surface area (Å²) in [5.74, 6) is -0.0792. The largest absolute Gasteiger partial charge is 0.465 e. The number of hydrogen-bond acceptors (Lipinski definition) is 4. The first kappa shape index (κ1) is 11.5. The Labute approximate surface area is 89.9 Å². The maximum atomic E-state index is 10.4. The van der Waals surface area contributed by atoms with Gasteiger partial charge in [0.25, 0.3) is 0 Å². The Morgan fingerprint density at radius 3 is 2.80 bits per heavy atom. The SMILES string of the molecule is N=C(N)c1csc(C(CO)NC(=O)O)c1. The van der Waals surface area contributed by atoms with Gasteiger partial charge in [0.1, 0.15) is 5.84 Å². The third kappa shape index (κ3) is 2.93. The van der Waals surface area contributed by atoms with Crippen molar-refractivity contribution in [2.75, 3.05) is 6.61 Å². The summed E-state index contributed by atoms with van der Waals surface area (Å²) in [4.78, 5) is 11.0. The lowest BCUT2D eigenvalue weighted by molar-refractivity contribution is 0.178. The number of nitrogens with two attached hydrogens (primary N) is 1. The van der Waals surface area contributed by atoms with Crippen LogP contribution in [0.1, 0.15) is 16.5 Å². The molecule has 0 spiro atoms. The number of amidine groups is 1. The van der Waals surface area contributed by atoms with Crippen LogP contribution in [0.3, 0.4) is 0 Å². The molecule has 0 aliphatic rings. The van der Waals surface area contributed by atoms with Crippen LogP contribution in [0.25, 0.3) is 0 Å². The molecule has 1 aromatic heterocycles. The Hall–Kier alpha value is -1.60. The van der Waals surface area contributed by atoms with Crippen molar-refractivity contribution < 1.29 is 15.0 Å². The van der Waals surface area contributed by atoms with Crippen molar-refractivity contribution in [2.24, 2.45) is 5.73 Å². The fourth-order valence-corrected chi connectivity index (χ4v) is 1.98. The van der Waals surface area contributed by atoms with Crippen LogP contribution in [0.15, 0.2) is 11.4 Å². The van der Waals surface area contributed by atoms with E-state index in [1.54, 1.807) is 11.4 Å². The van der Waals surface area contributed by atoms with Gasteiger partial charge in [-0.1, -0.05) is 0 Å². The van der Waals surface area contributed by atoms with Gasteiger partial charge < -0.3 is 21.3 Å². The van der Waals surface area contributed by atoms with E-state index >= 15 is 0 Å². The van der Waals surface area contributed by atoms with E-state index in [2.05, 4.69) is 5.32 Å². The van der Waals surface area contributed by atoms with Crippen LogP contribution in [0.5, 0.6) is 0 Å². The summed E-state index contributed by atoms with van der Waals surface area (Å²) in [7, 11) is 0. The number of aliphatic hydroxyl groups excluding tert-OH is 1. The number of carboxylic acid groups (broad SMARTS) is 1. The number of thiophene rings is 1. The molecule has 1 heterocycles. The van der Waals surface area contributed by atoms with Gasteiger partial charge in [-0.15, -0.1) is 11.3 Å². The van der Waals surface area contributed by atoms with E-state index in [4.69, 9.17) is 21.4 Å². The molecule has 0 aromatic carbocycles. The highest BCUT2D eigenvalue weighted by Crippen LogP contribution is 2.21. The highest BCUT2D eigenvalue weighted by Gasteiger charge is 2.15. The van der Waals surface area contributed by atoms with E-state index in [0.29, 0.717) is 10.4 Å². The normalized spacial score (nSPS) is 12.1. The number of aliphatic hydroxyl groups is 1. The standard InChI is InChI=1S/C8H11N3O3S/c9-7(10)4-1-6(15-3-4)5(2-12)11-8(13)14/h1,3,5,11-12H,2H2,(H3,9,10)(H,13,14). The van der Waals surface area contributed by atoms with Gasteiger partial charge in [0.05, 0.1) is 12.6 Å². The Morgan fingerprint density at radius 2 is 2.40 bits per heavy atom. The molecule has 0 saturated carbocycles. The van der Waals surface area contributed by atoms with E-state index in [1.807, 2.05) is 0 Å².